The lowest BCUT2D eigenvalue weighted by molar-refractivity contribution is 0.000553. The minimum absolute atomic E-state index is 0.116. The molecule has 61 heavy (non-hydrogen) atoms. The summed E-state index contributed by atoms with van der Waals surface area (Å²) < 4.78 is 0. The maximum absolute atomic E-state index is 2.84. The smallest absolute Gasteiger partial charge is 0.0713 e. The Morgan fingerprint density at radius 2 is 0.574 bits per heavy atom. The van der Waals surface area contributed by atoms with Crippen molar-refractivity contribution in [3.05, 3.63) is 251 Å². The van der Waals surface area contributed by atoms with E-state index in [0.29, 0.717) is 0 Å². The van der Waals surface area contributed by atoms with Gasteiger partial charge in [-0.3, -0.25) is 0 Å². The monoisotopic (exact) mass is 783 g/mol. The van der Waals surface area contributed by atoms with Gasteiger partial charge in [0.2, 0.25) is 0 Å². The molecule has 0 spiro atoms. The number of anilines is 2. The molecule has 294 valence electrons. The SMILES string of the molecule is c1ccc(C2(c3ccc(N(c4ccc(C5(c6ccccc6)c6ccccc6-c6ccccc65)cc4)C45CC6CC(CC(C6)C4)C5)cc3)c3ccccc3-c3ccccc32)cc1. The van der Waals surface area contributed by atoms with Crippen LogP contribution in [0, 0.1) is 17.8 Å². The molecule has 8 aromatic carbocycles. The van der Waals surface area contributed by atoms with Crippen LogP contribution >= 0.6 is 0 Å². The zero-order valence-corrected chi connectivity index (χ0v) is 34.6. The quantitative estimate of drug-likeness (QED) is 0.156. The Bertz CT molecular complexity index is 2630. The Balaban J connectivity index is 0.983. The third-order valence-corrected chi connectivity index (χ3v) is 15.9. The molecule has 0 saturated heterocycles. The van der Waals surface area contributed by atoms with Gasteiger partial charge in [0.25, 0.3) is 0 Å². The lowest BCUT2D eigenvalue weighted by atomic mass is 9.52. The number of hydrogen-bond acceptors (Lipinski definition) is 1. The fourth-order valence-corrected chi connectivity index (χ4v) is 14.2. The van der Waals surface area contributed by atoms with Crippen molar-refractivity contribution in [1.82, 2.24) is 0 Å². The normalized spacial score (nSPS) is 22.9. The topological polar surface area (TPSA) is 3.24 Å². The second-order valence-electron chi connectivity index (χ2n) is 19.0. The predicted molar refractivity (Wildman–Crippen MR) is 251 cm³/mol. The van der Waals surface area contributed by atoms with Gasteiger partial charge in [0.05, 0.1) is 10.8 Å². The first-order valence-electron chi connectivity index (χ1n) is 22.7. The van der Waals surface area contributed by atoms with Crippen LogP contribution in [0.2, 0.25) is 0 Å². The highest BCUT2D eigenvalue weighted by molar-refractivity contribution is 5.88. The summed E-state index contributed by atoms with van der Waals surface area (Å²) in [5.74, 6) is 2.48. The Labute approximate surface area is 360 Å². The highest BCUT2D eigenvalue weighted by Gasteiger charge is 2.55. The van der Waals surface area contributed by atoms with Gasteiger partial charge < -0.3 is 4.90 Å². The molecule has 8 aromatic rings. The molecule has 0 N–H and O–H groups in total. The lowest BCUT2D eigenvalue weighted by Crippen LogP contribution is -2.58. The maximum Gasteiger partial charge on any atom is 0.0713 e. The first-order chi connectivity index (χ1) is 30.2. The van der Waals surface area contributed by atoms with Gasteiger partial charge in [0.1, 0.15) is 0 Å². The van der Waals surface area contributed by atoms with E-state index in [9.17, 15) is 0 Å². The number of nitrogens with zero attached hydrogens (tertiary/aromatic N) is 1. The van der Waals surface area contributed by atoms with Gasteiger partial charge in [0, 0.05) is 16.9 Å². The molecule has 14 rings (SSSR count). The van der Waals surface area contributed by atoms with E-state index >= 15 is 0 Å². The molecular formula is C60H49N. The van der Waals surface area contributed by atoms with Crippen LogP contribution in [0.5, 0.6) is 0 Å². The van der Waals surface area contributed by atoms with Crippen LogP contribution in [-0.2, 0) is 10.8 Å². The molecule has 1 nitrogen and oxygen atoms in total. The van der Waals surface area contributed by atoms with Crippen molar-refractivity contribution in [2.75, 3.05) is 4.90 Å². The van der Waals surface area contributed by atoms with Crippen LogP contribution in [0.3, 0.4) is 0 Å². The Hall–Kier alpha value is -6.44. The molecule has 6 aliphatic rings. The third kappa shape index (κ3) is 4.89. The van der Waals surface area contributed by atoms with Gasteiger partial charge in [-0.15, -0.1) is 0 Å². The number of hydrogen-bond donors (Lipinski definition) is 0. The van der Waals surface area contributed by atoms with E-state index in [2.05, 4.69) is 211 Å². The summed E-state index contributed by atoms with van der Waals surface area (Å²) in [7, 11) is 0. The Morgan fingerprint density at radius 3 is 0.902 bits per heavy atom. The summed E-state index contributed by atoms with van der Waals surface area (Å²) in [5, 5.41) is 0. The van der Waals surface area contributed by atoms with Crippen LogP contribution < -0.4 is 4.90 Å². The van der Waals surface area contributed by atoms with Gasteiger partial charge in [-0.2, -0.15) is 0 Å². The Morgan fingerprint density at radius 1 is 0.295 bits per heavy atom. The van der Waals surface area contributed by atoms with Gasteiger partial charge in [-0.05, 0) is 147 Å². The number of rotatable bonds is 7. The Kier molecular flexibility index (Phi) is 7.69. The van der Waals surface area contributed by atoms with Crippen LogP contribution in [0.15, 0.2) is 206 Å². The summed E-state index contributed by atoms with van der Waals surface area (Å²) in [6.45, 7) is 0. The van der Waals surface area contributed by atoms with Crippen molar-refractivity contribution in [2.24, 2.45) is 17.8 Å². The number of benzene rings is 8. The molecule has 6 aliphatic carbocycles. The zero-order chi connectivity index (χ0) is 40.2. The second kappa shape index (κ2) is 13.3. The van der Waals surface area contributed by atoms with E-state index in [1.807, 2.05) is 0 Å². The van der Waals surface area contributed by atoms with Crippen molar-refractivity contribution >= 4 is 11.4 Å². The fraction of sp³-hybridized carbons (Fsp3) is 0.200. The molecule has 0 aliphatic heterocycles. The molecule has 4 fully saturated rings. The molecule has 0 atom stereocenters. The van der Waals surface area contributed by atoms with E-state index in [4.69, 9.17) is 0 Å². The van der Waals surface area contributed by atoms with Gasteiger partial charge in [-0.25, -0.2) is 0 Å². The summed E-state index contributed by atoms with van der Waals surface area (Å²) in [6.07, 6.45) is 8.11. The minimum atomic E-state index is -0.403. The summed E-state index contributed by atoms with van der Waals surface area (Å²) in [4.78, 5) is 2.84. The predicted octanol–water partition coefficient (Wildman–Crippen LogP) is 14.5. The average Bonchev–Trinajstić information content (AvgIpc) is 3.79. The van der Waals surface area contributed by atoms with Gasteiger partial charge >= 0.3 is 0 Å². The molecule has 0 aromatic heterocycles. The van der Waals surface area contributed by atoms with Crippen LogP contribution in [0.4, 0.5) is 11.4 Å². The van der Waals surface area contributed by atoms with Crippen molar-refractivity contribution in [1.29, 1.82) is 0 Å². The van der Waals surface area contributed by atoms with Gasteiger partial charge in [-0.1, -0.05) is 182 Å². The molecular weight excluding hydrogens is 735 g/mol. The molecule has 4 saturated carbocycles. The van der Waals surface area contributed by atoms with Crippen molar-refractivity contribution in [3.63, 3.8) is 0 Å². The molecule has 0 heterocycles. The van der Waals surface area contributed by atoms with Crippen LogP contribution in [-0.4, -0.2) is 5.54 Å². The first kappa shape index (κ1) is 35.3. The van der Waals surface area contributed by atoms with Crippen LogP contribution in [0.25, 0.3) is 22.3 Å². The second-order valence-corrected chi connectivity index (χ2v) is 19.0. The molecule has 0 radical (unpaired) electrons. The average molecular weight is 784 g/mol. The van der Waals surface area contributed by atoms with Crippen molar-refractivity contribution < 1.29 is 0 Å². The summed E-state index contributed by atoms with van der Waals surface area (Å²) in [5.41, 5.74) is 18.0. The van der Waals surface area contributed by atoms with Crippen LogP contribution in [0.1, 0.15) is 83.0 Å². The van der Waals surface area contributed by atoms with E-state index in [0.717, 1.165) is 17.8 Å². The van der Waals surface area contributed by atoms with E-state index in [1.165, 1.54) is 117 Å². The molecule has 4 bridgehead atoms. The van der Waals surface area contributed by atoms with Crippen molar-refractivity contribution in [3.8, 4) is 22.3 Å². The maximum atomic E-state index is 2.84. The first-order valence-corrected chi connectivity index (χ1v) is 22.7. The largest absolute Gasteiger partial charge is 0.335 e. The van der Waals surface area contributed by atoms with E-state index in [-0.39, 0.29) is 5.54 Å². The summed E-state index contributed by atoms with van der Waals surface area (Å²) in [6, 6.07) is 78.6. The zero-order valence-electron chi connectivity index (χ0n) is 34.6. The molecule has 0 amide bonds. The van der Waals surface area contributed by atoms with Crippen molar-refractivity contribution in [2.45, 2.75) is 54.9 Å². The highest BCUT2D eigenvalue weighted by Crippen LogP contribution is 2.62. The van der Waals surface area contributed by atoms with E-state index < -0.39 is 10.8 Å². The summed E-state index contributed by atoms with van der Waals surface area (Å²) >= 11 is 0. The third-order valence-electron chi connectivity index (χ3n) is 15.9. The molecule has 0 unspecified atom stereocenters. The number of fused-ring (bicyclic) bond motifs is 6. The highest BCUT2D eigenvalue weighted by atomic mass is 15.2. The van der Waals surface area contributed by atoms with Gasteiger partial charge in [0.15, 0.2) is 0 Å². The van der Waals surface area contributed by atoms with E-state index in [1.54, 1.807) is 0 Å². The molecule has 1 heteroatoms. The fourth-order valence-electron chi connectivity index (χ4n) is 14.2. The lowest BCUT2D eigenvalue weighted by Gasteiger charge is -2.61. The minimum Gasteiger partial charge on any atom is -0.335 e. The standard InChI is InChI=1S/C60H49N/c1-3-15-44(16-4-1)59(54-23-11-7-19-50(54)51-20-8-12-24-55(51)59)46-27-31-48(32-28-46)61(58-38-41-35-42(39-58)37-43(36-41)40-58)49-33-29-47(30-34-49)60(45-17-5-2-6-18-45)56-25-13-9-21-52(56)53-22-10-14-26-57(53)60/h1-34,41-43H,35-40H2.